The van der Waals surface area contributed by atoms with Gasteiger partial charge in [0.2, 0.25) is 5.91 Å². The summed E-state index contributed by atoms with van der Waals surface area (Å²) in [4.78, 5) is 28.9. The molecule has 0 aromatic carbocycles. The third kappa shape index (κ3) is 2.53. The molecule has 0 aromatic heterocycles. The molecule has 0 saturated carbocycles. The fourth-order valence-electron chi connectivity index (χ4n) is 0.820. The van der Waals surface area contributed by atoms with Gasteiger partial charge in [0, 0.05) is 0 Å². The lowest BCUT2D eigenvalue weighted by Gasteiger charge is -2.15. The zero-order valence-electron chi connectivity index (χ0n) is 5.93. The highest BCUT2D eigenvalue weighted by Crippen LogP contribution is 2.35. The SMILES string of the molecule is O=C1CN(CP(=O)(O)O)C(=S)N1. The molecule has 12 heavy (non-hydrogen) atoms. The summed E-state index contributed by atoms with van der Waals surface area (Å²) in [5, 5.41) is 2.34. The first kappa shape index (κ1) is 9.60. The Balaban J connectivity index is 2.61. The Hall–Kier alpha value is -0.490. The van der Waals surface area contributed by atoms with Crippen LogP contribution in [0.3, 0.4) is 0 Å². The molecule has 0 spiro atoms. The van der Waals surface area contributed by atoms with Gasteiger partial charge in [-0.2, -0.15) is 0 Å². The summed E-state index contributed by atoms with van der Waals surface area (Å²) < 4.78 is 10.5. The lowest BCUT2D eigenvalue weighted by Crippen LogP contribution is -2.28. The van der Waals surface area contributed by atoms with E-state index in [9.17, 15) is 9.36 Å². The van der Waals surface area contributed by atoms with Gasteiger partial charge in [0.05, 0.1) is 0 Å². The molecule has 1 rings (SSSR count). The van der Waals surface area contributed by atoms with Crippen molar-refractivity contribution >= 4 is 30.8 Å². The van der Waals surface area contributed by atoms with Crippen LogP contribution in [0.5, 0.6) is 0 Å². The third-order valence-electron chi connectivity index (χ3n) is 1.22. The molecule has 0 aromatic rings. The largest absolute Gasteiger partial charge is 0.344 e. The minimum absolute atomic E-state index is 0.0725. The summed E-state index contributed by atoms with van der Waals surface area (Å²) in [6, 6.07) is 0. The van der Waals surface area contributed by atoms with Gasteiger partial charge in [-0.3, -0.25) is 9.36 Å². The standard InChI is InChI=1S/C4H7N2O4PS/c7-3-1-6(4(12)5-3)2-11(8,9)10/h1-2H2,(H,5,7,12)(H2,8,9,10). The second-order valence-electron chi connectivity index (χ2n) is 2.36. The first-order chi connectivity index (χ1) is 5.38. The lowest BCUT2D eigenvalue weighted by atomic mass is 10.6. The molecule has 1 amide bonds. The quantitative estimate of drug-likeness (QED) is 0.393. The van der Waals surface area contributed by atoms with Gasteiger partial charge in [0.25, 0.3) is 0 Å². The summed E-state index contributed by atoms with van der Waals surface area (Å²) in [5.74, 6) is -0.339. The van der Waals surface area contributed by atoms with Gasteiger partial charge < -0.3 is 20.0 Å². The number of rotatable bonds is 2. The van der Waals surface area contributed by atoms with Crippen molar-refractivity contribution in [2.45, 2.75) is 0 Å². The zero-order chi connectivity index (χ0) is 9.35. The predicted molar refractivity (Wildman–Crippen MR) is 44.4 cm³/mol. The maximum Gasteiger partial charge on any atom is 0.344 e. The molecule has 1 aliphatic heterocycles. The maximum absolute atomic E-state index is 10.7. The molecule has 1 aliphatic rings. The Bertz CT molecular complexity index is 274. The van der Waals surface area contributed by atoms with Crippen LogP contribution in [0.25, 0.3) is 0 Å². The number of carbonyl (C=O) groups is 1. The van der Waals surface area contributed by atoms with Gasteiger partial charge in [0.15, 0.2) is 5.11 Å². The van der Waals surface area contributed by atoms with Crippen molar-refractivity contribution in [2.24, 2.45) is 0 Å². The number of amides is 1. The molecule has 6 nitrogen and oxygen atoms in total. The van der Waals surface area contributed by atoms with Crippen LogP contribution in [-0.2, 0) is 9.36 Å². The summed E-state index contributed by atoms with van der Waals surface area (Å²) in [6.45, 7) is -0.0794. The van der Waals surface area contributed by atoms with Crippen molar-refractivity contribution in [1.29, 1.82) is 0 Å². The van der Waals surface area contributed by atoms with Gasteiger partial charge in [-0.15, -0.1) is 0 Å². The van der Waals surface area contributed by atoms with Gasteiger partial charge >= 0.3 is 7.60 Å². The van der Waals surface area contributed by atoms with Crippen LogP contribution in [0.2, 0.25) is 0 Å². The van der Waals surface area contributed by atoms with Crippen molar-refractivity contribution in [1.82, 2.24) is 10.2 Å². The van der Waals surface area contributed by atoms with Crippen LogP contribution in [-0.4, -0.2) is 38.5 Å². The molecule has 0 atom stereocenters. The second kappa shape index (κ2) is 3.10. The molecule has 3 N–H and O–H groups in total. The zero-order valence-corrected chi connectivity index (χ0v) is 7.64. The Morgan fingerprint density at radius 1 is 1.67 bits per heavy atom. The van der Waals surface area contributed by atoms with E-state index in [0.29, 0.717) is 0 Å². The van der Waals surface area contributed by atoms with E-state index >= 15 is 0 Å². The molecular formula is C4H7N2O4PS. The fourth-order valence-corrected chi connectivity index (χ4v) is 1.84. The van der Waals surface area contributed by atoms with E-state index in [1.165, 1.54) is 0 Å². The van der Waals surface area contributed by atoms with E-state index < -0.39 is 13.9 Å². The molecule has 0 bridgehead atoms. The van der Waals surface area contributed by atoms with Crippen molar-refractivity contribution in [3.63, 3.8) is 0 Å². The molecule has 8 heteroatoms. The molecule has 0 radical (unpaired) electrons. The van der Waals surface area contributed by atoms with Crippen LogP contribution >= 0.6 is 19.8 Å². The Labute approximate surface area is 73.7 Å². The summed E-state index contributed by atoms with van der Waals surface area (Å²) in [6.07, 6.45) is -0.509. The average molecular weight is 210 g/mol. The number of nitrogens with one attached hydrogen (secondary N) is 1. The van der Waals surface area contributed by atoms with Gasteiger partial charge in [-0.25, -0.2) is 0 Å². The Kier molecular flexibility index (Phi) is 2.48. The lowest BCUT2D eigenvalue weighted by molar-refractivity contribution is -0.118. The first-order valence-electron chi connectivity index (χ1n) is 3.02. The topological polar surface area (TPSA) is 89.9 Å². The van der Waals surface area contributed by atoms with Crippen LogP contribution in [0.4, 0.5) is 0 Å². The summed E-state index contributed by atoms with van der Waals surface area (Å²) in [5.41, 5.74) is 0. The van der Waals surface area contributed by atoms with Gasteiger partial charge in [-0.05, 0) is 12.2 Å². The molecule has 68 valence electrons. The molecule has 0 aliphatic carbocycles. The first-order valence-corrected chi connectivity index (χ1v) is 5.22. The summed E-state index contributed by atoms with van der Waals surface area (Å²) in [7, 11) is -4.13. The summed E-state index contributed by atoms with van der Waals surface area (Å²) >= 11 is 4.64. The fraction of sp³-hybridized carbons (Fsp3) is 0.500. The van der Waals surface area contributed by atoms with Crippen molar-refractivity contribution in [3.8, 4) is 0 Å². The van der Waals surface area contributed by atoms with E-state index in [1.807, 2.05) is 0 Å². The van der Waals surface area contributed by atoms with E-state index in [-0.39, 0.29) is 17.6 Å². The third-order valence-corrected chi connectivity index (χ3v) is 2.29. The van der Waals surface area contributed by atoms with E-state index in [0.717, 1.165) is 4.90 Å². The van der Waals surface area contributed by atoms with Crippen molar-refractivity contribution in [2.75, 3.05) is 12.8 Å². The van der Waals surface area contributed by atoms with Crippen LogP contribution in [0, 0.1) is 0 Å². The Morgan fingerprint density at radius 2 is 2.25 bits per heavy atom. The maximum atomic E-state index is 10.7. The highest BCUT2D eigenvalue weighted by atomic mass is 32.1. The second-order valence-corrected chi connectivity index (χ2v) is 4.36. The Morgan fingerprint density at radius 3 is 2.58 bits per heavy atom. The molecule has 0 unspecified atom stereocenters. The number of nitrogens with zero attached hydrogens (tertiary/aromatic N) is 1. The van der Waals surface area contributed by atoms with Crippen LogP contribution in [0.15, 0.2) is 0 Å². The number of hydrogen-bond acceptors (Lipinski definition) is 3. The number of hydrogen-bond donors (Lipinski definition) is 3. The molecule has 1 saturated heterocycles. The minimum atomic E-state index is -4.13. The van der Waals surface area contributed by atoms with E-state index in [2.05, 4.69) is 17.5 Å². The monoisotopic (exact) mass is 210 g/mol. The normalized spacial score (nSPS) is 18.3. The van der Waals surface area contributed by atoms with Crippen LogP contribution < -0.4 is 5.32 Å². The van der Waals surface area contributed by atoms with Crippen LogP contribution in [0.1, 0.15) is 0 Å². The minimum Gasteiger partial charge on any atom is -0.328 e. The van der Waals surface area contributed by atoms with E-state index in [4.69, 9.17) is 9.79 Å². The van der Waals surface area contributed by atoms with E-state index in [1.54, 1.807) is 0 Å². The molecule has 1 fully saturated rings. The smallest absolute Gasteiger partial charge is 0.328 e. The van der Waals surface area contributed by atoms with Crippen molar-refractivity contribution < 1.29 is 19.1 Å². The highest BCUT2D eigenvalue weighted by Gasteiger charge is 2.28. The van der Waals surface area contributed by atoms with Crippen molar-refractivity contribution in [3.05, 3.63) is 0 Å². The van der Waals surface area contributed by atoms with Gasteiger partial charge in [0.1, 0.15) is 12.8 Å². The van der Waals surface area contributed by atoms with Gasteiger partial charge in [-0.1, -0.05) is 0 Å². The highest BCUT2D eigenvalue weighted by molar-refractivity contribution is 7.80. The average Bonchev–Trinajstić information content (AvgIpc) is 2.06. The molecular weight excluding hydrogens is 203 g/mol. The number of thiocarbonyl (C=S) groups is 1. The molecule has 1 heterocycles. The number of carbonyl (C=O) groups excluding carboxylic acids is 1. The predicted octanol–water partition coefficient (Wildman–Crippen LogP) is -1.16.